The summed E-state index contributed by atoms with van der Waals surface area (Å²) in [6.07, 6.45) is 1.50. The molecule has 0 saturated heterocycles. The number of ether oxygens (including phenoxy) is 1. The van der Waals surface area contributed by atoms with Gasteiger partial charge in [0.05, 0.1) is 5.02 Å². The fourth-order valence-electron chi connectivity index (χ4n) is 1.90. The minimum Gasteiger partial charge on any atom is -0.489 e. The monoisotopic (exact) mass is 294 g/mol. The number of aryl methyl sites for hydroxylation is 1. The van der Waals surface area contributed by atoms with E-state index in [-0.39, 0.29) is 19.0 Å². The summed E-state index contributed by atoms with van der Waals surface area (Å²) in [5, 5.41) is 9.18. The van der Waals surface area contributed by atoms with Crippen LogP contribution in [0.1, 0.15) is 17.5 Å². The van der Waals surface area contributed by atoms with E-state index >= 15 is 0 Å². The first-order chi connectivity index (χ1) is 9.70. The van der Waals surface area contributed by atoms with Crippen LogP contribution in [0.2, 0.25) is 5.02 Å². The molecule has 0 bridgehead atoms. The average molecular weight is 295 g/mol. The van der Waals surface area contributed by atoms with E-state index in [0.717, 1.165) is 12.0 Å². The molecule has 0 aliphatic heterocycles. The van der Waals surface area contributed by atoms with Gasteiger partial charge < -0.3 is 9.84 Å². The minimum absolute atomic E-state index is 0.0922. The topological polar surface area (TPSA) is 29.5 Å². The largest absolute Gasteiger partial charge is 0.489 e. The Morgan fingerprint density at radius 2 is 1.95 bits per heavy atom. The van der Waals surface area contributed by atoms with Crippen molar-refractivity contribution in [3.05, 3.63) is 64.4 Å². The van der Waals surface area contributed by atoms with Gasteiger partial charge in [-0.2, -0.15) is 0 Å². The summed E-state index contributed by atoms with van der Waals surface area (Å²) in [7, 11) is 0. The Kier molecular flexibility index (Phi) is 5.39. The highest BCUT2D eigenvalue weighted by molar-refractivity contribution is 6.31. The third-order valence-electron chi connectivity index (χ3n) is 2.97. The Morgan fingerprint density at radius 1 is 1.15 bits per heavy atom. The van der Waals surface area contributed by atoms with Gasteiger partial charge in [-0.15, -0.1) is 0 Å². The molecule has 0 fully saturated rings. The van der Waals surface area contributed by atoms with Crippen LogP contribution >= 0.6 is 11.6 Å². The zero-order valence-corrected chi connectivity index (χ0v) is 11.7. The lowest BCUT2D eigenvalue weighted by Crippen LogP contribution is -2.00. The van der Waals surface area contributed by atoms with Crippen molar-refractivity contribution in [2.75, 3.05) is 6.61 Å². The molecule has 0 heterocycles. The maximum absolute atomic E-state index is 13.6. The van der Waals surface area contributed by atoms with Gasteiger partial charge >= 0.3 is 0 Å². The normalized spacial score (nSPS) is 10.6. The van der Waals surface area contributed by atoms with E-state index in [9.17, 15) is 4.39 Å². The highest BCUT2D eigenvalue weighted by Gasteiger charge is 2.07. The van der Waals surface area contributed by atoms with Gasteiger partial charge in [0.2, 0.25) is 0 Å². The van der Waals surface area contributed by atoms with Gasteiger partial charge in [0.25, 0.3) is 0 Å². The van der Waals surface area contributed by atoms with Crippen molar-refractivity contribution < 1.29 is 14.2 Å². The Balaban J connectivity index is 2.03. The van der Waals surface area contributed by atoms with Crippen LogP contribution in [0.3, 0.4) is 0 Å². The lowest BCUT2D eigenvalue weighted by atomic mass is 10.1. The third-order valence-corrected chi connectivity index (χ3v) is 3.32. The molecule has 0 aliphatic rings. The van der Waals surface area contributed by atoms with Crippen LogP contribution in [-0.4, -0.2) is 11.7 Å². The van der Waals surface area contributed by atoms with Crippen LogP contribution in [0.25, 0.3) is 0 Å². The quantitative estimate of drug-likeness (QED) is 0.873. The molecular weight excluding hydrogens is 279 g/mol. The first kappa shape index (κ1) is 14.8. The molecule has 2 rings (SSSR count). The molecule has 0 radical (unpaired) electrons. The van der Waals surface area contributed by atoms with Crippen molar-refractivity contribution in [2.45, 2.75) is 19.4 Å². The van der Waals surface area contributed by atoms with Crippen molar-refractivity contribution in [3.8, 4) is 5.75 Å². The first-order valence-electron chi connectivity index (χ1n) is 6.46. The number of hydrogen-bond acceptors (Lipinski definition) is 2. The van der Waals surface area contributed by atoms with Gasteiger partial charge in [-0.3, -0.25) is 0 Å². The van der Waals surface area contributed by atoms with E-state index in [1.807, 2.05) is 24.3 Å². The molecule has 106 valence electrons. The van der Waals surface area contributed by atoms with Crippen LogP contribution < -0.4 is 4.74 Å². The van der Waals surface area contributed by atoms with Gasteiger partial charge in [0.1, 0.15) is 18.2 Å². The molecule has 4 heteroatoms. The number of aliphatic hydroxyl groups excluding tert-OH is 1. The first-order valence-corrected chi connectivity index (χ1v) is 6.84. The Bertz CT molecular complexity index is 552. The second kappa shape index (κ2) is 7.27. The molecule has 20 heavy (non-hydrogen) atoms. The van der Waals surface area contributed by atoms with Crippen LogP contribution in [0.4, 0.5) is 4.39 Å². The summed E-state index contributed by atoms with van der Waals surface area (Å²) >= 11 is 5.95. The average Bonchev–Trinajstić information content (AvgIpc) is 2.45. The van der Waals surface area contributed by atoms with Crippen molar-refractivity contribution >= 4 is 11.6 Å². The highest BCUT2D eigenvalue weighted by atomic mass is 35.5. The maximum Gasteiger partial charge on any atom is 0.131 e. The smallest absolute Gasteiger partial charge is 0.131 e. The summed E-state index contributed by atoms with van der Waals surface area (Å²) in [6.45, 7) is 0.255. The minimum atomic E-state index is -0.367. The van der Waals surface area contributed by atoms with E-state index in [1.165, 1.54) is 6.07 Å². The van der Waals surface area contributed by atoms with Crippen LogP contribution in [0.15, 0.2) is 42.5 Å². The van der Waals surface area contributed by atoms with Gasteiger partial charge in [0, 0.05) is 12.2 Å². The van der Waals surface area contributed by atoms with Crippen molar-refractivity contribution in [2.24, 2.45) is 0 Å². The zero-order valence-electron chi connectivity index (χ0n) is 11.0. The number of hydrogen-bond donors (Lipinski definition) is 1. The van der Waals surface area contributed by atoms with E-state index in [2.05, 4.69) is 0 Å². The maximum atomic E-state index is 13.6. The molecule has 1 N–H and O–H groups in total. The SMILES string of the molecule is OCCCc1cccc(OCc2c(F)cccc2Cl)c1. The molecule has 0 aromatic heterocycles. The van der Waals surface area contributed by atoms with Gasteiger partial charge in [0.15, 0.2) is 0 Å². The van der Waals surface area contributed by atoms with E-state index in [0.29, 0.717) is 22.8 Å². The highest BCUT2D eigenvalue weighted by Crippen LogP contribution is 2.22. The van der Waals surface area contributed by atoms with E-state index in [1.54, 1.807) is 12.1 Å². The summed E-state index contributed by atoms with van der Waals surface area (Å²) in [5.41, 5.74) is 1.44. The molecule has 2 aromatic carbocycles. The lowest BCUT2D eigenvalue weighted by Gasteiger charge is -2.10. The summed E-state index contributed by atoms with van der Waals surface area (Å²) in [5.74, 6) is 0.300. The number of benzene rings is 2. The predicted octanol–water partition coefficient (Wildman–Crippen LogP) is 3.98. The van der Waals surface area contributed by atoms with Gasteiger partial charge in [-0.05, 0) is 42.7 Å². The Labute approximate surface area is 122 Å². The molecule has 0 unspecified atom stereocenters. The van der Waals surface area contributed by atoms with Crippen LogP contribution in [0, 0.1) is 5.82 Å². The number of rotatable bonds is 6. The van der Waals surface area contributed by atoms with Crippen LogP contribution in [-0.2, 0) is 13.0 Å². The third kappa shape index (κ3) is 3.95. The van der Waals surface area contributed by atoms with Crippen LogP contribution in [0.5, 0.6) is 5.75 Å². The summed E-state index contributed by atoms with van der Waals surface area (Å²) < 4.78 is 19.2. The number of halogens is 2. The van der Waals surface area contributed by atoms with Gasteiger partial charge in [-0.25, -0.2) is 4.39 Å². The fraction of sp³-hybridized carbons (Fsp3) is 0.250. The molecule has 0 saturated carbocycles. The fourth-order valence-corrected chi connectivity index (χ4v) is 2.12. The molecular formula is C16H16ClFO2. The molecule has 0 spiro atoms. The Hall–Kier alpha value is -1.58. The van der Waals surface area contributed by atoms with E-state index < -0.39 is 0 Å². The predicted molar refractivity (Wildman–Crippen MR) is 77.6 cm³/mol. The van der Waals surface area contributed by atoms with E-state index in [4.69, 9.17) is 21.4 Å². The summed E-state index contributed by atoms with van der Waals surface area (Å²) in [4.78, 5) is 0. The Morgan fingerprint density at radius 3 is 2.70 bits per heavy atom. The molecule has 2 nitrogen and oxygen atoms in total. The zero-order chi connectivity index (χ0) is 14.4. The molecule has 0 amide bonds. The van der Waals surface area contributed by atoms with Gasteiger partial charge in [-0.1, -0.05) is 29.8 Å². The van der Waals surface area contributed by atoms with Crippen molar-refractivity contribution in [3.63, 3.8) is 0 Å². The second-order valence-electron chi connectivity index (χ2n) is 4.46. The number of aliphatic hydroxyl groups is 1. The molecule has 2 aromatic rings. The molecule has 0 atom stereocenters. The second-order valence-corrected chi connectivity index (χ2v) is 4.87. The lowest BCUT2D eigenvalue weighted by molar-refractivity contribution is 0.287. The van der Waals surface area contributed by atoms with Crippen molar-refractivity contribution in [1.29, 1.82) is 0 Å². The molecule has 0 aliphatic carbocycles. The standard InChI is InChI=1S/C16H16ClFO2/c17-15-7-2-8-16(18)14(15)11-20-13-6-1-4-12(10-13)5-3-9-19/h1-2,4,6-8,10,19H,3,5,9,11H2. The van der Waals surface area contributed by atoms with Crippen molar-refractivity contribution in [1.82, 2.24) is 0 Å². The summed E-state index contributed by atoms with van der Waals surface area (Å²) in [6, 6.07) is 12.1.